The van der Waals surface area contributed by atoms with Crippen molar-refractivity contribution >= 4 is 10.0 Å². The van der Waals surface area contributed by atoms with Crippen molar-refractivity contribution < 1.29 is 8.42 Å². The second kappa shape index (κ2) is 6.69. The van der Waals surface area contributed by atoms with Crippen LogP contribution in [0.2, 0.25) is 0 Å². The largest absolute Gasteiger partial charge is 0.299 e. The summed E-state index contributed by atoms with van der Waals surface area (Å²) in [5, 5.41) is 0. The normalized spacial score (nSPS) is 31.3. The van der Waals surface area contributed by atoms with Crippen molar-refractivity contribution in [1.82, 2.24) is 9.62 Å². The van der Waals surface area contributed by atoms with Crippen molar-refractivity contribution in [1.29, 1.82) is 0 Å². The van der Waals surface area contributed by atoms with Crippen molar-refractivity contribution in [2.75, 3.05) is 19.6 Å². The van der Waals surface area contributed by atoms with Crippen molar-refractivity contribution in [3.8, 4) is 0 Å². The predicted molar refractivity (Wildman–Crippen MR) is 88.9 cm³/mol. The molecular formula is C17H26N2O2S. The molecule has 3 fully saturated rings. The van der Waals surface area contributed by atoms with Crippen LogP contribution in [0.4, 0.5) is 0 Å². The highest BCUT2D eigenvalue weighted by Gasteiger charge is 2.39. The van der Waals surface area contributed by atoms with E-state index in [1.165, 1.54) is 12.8 Å². The highest BCUT2D eigenvalue weighted by atomic mass is 32.2. The molecule has 1 unspecified atom stereocenters. The van der Waals surface area contributed by atoms with Gasteiger partial charge >= 0.3 is 0 Å². The third kappa shape index (κ3) is 3.70. The lowest BCUT2D eigenvalue weighted by molar-refractivity contribution is 0.00236. The van der Waals surface area contributed by atoms with E-state index in [0.717, 1.165) is 36.9 Å². The van der Waals surface area contributed by atoms with Gasteiger partial charge < -0.3 is 0 Å². The molecule has 2 bridgehead atoms. The average Bonchev–Trinajstić information content (AvgIpc) is 2.54. The number of nitrogens with zero attached hydrogens (tertiary/aromatic N) is 1. The zero-order valence-electron chi connectivity index (χ0n) is 13.2. The van der Waals surface area contributed by atoms with Gasteiger partial charge in [0.2, 0.25) is 10.0 Å². The van der Waals surface area contributed by atoms with E-state index in [4.69, 9.17) is 0 Å². The molecule has 3 aliphatic heterocycles. The van der Waals surface area contributed by atoms with Crippen molar-refractivity contribution in [3.63, 3.8) is 0 Å². The summed E-state index contributed by atoms with van der Waals surface area (Å²) in [6, 6.07) is 9.75. The molecule has 3 aliphatic rings. The number of rotatable bonds is 6. The first-order chi connectivity index (χ1) is 10.6. The number of benzene rings is 1. The minimum Gasteiger partial charge on any atom is -0.299 e. The average molecular weight is 322 g/mol. The molecule has 1 aromatic rings. The van der Waals surface area contributed by atoms with E-state index in [1.54, 1.807) is 0 Å². The molecule has 1 N–H and O–H groups in total. The van der Waals surface area contributed by atoms with Gasteiger partial charge in [0.25, 0.3) is 0 Å². The molecular weight excluding hydrogens is 296 g/mol. The van der Waals surface area contributed by atoms with Gasteiger partial charge in [-0.1, -0.05) is 43.7 Å². The summed E-state index contributed by atoms with van der Waals surface area (Å²) in [4.78, 5) is 2.49. The Balaban J connectivity index is 1.54. The molecule has 122 valence electrons. The van der Waals surface area contributed by atoms with E-state index in [2.05, 4.69) is 16.5 Å². The Labute approximate surface area is 134 Å². The molecule has 3 saturated heterocycles. The second-order valence-electron chi connectivity index (χ2n) is 6.69. The minimum absolute atomic E-state index is 0.0710. The van der Waals surface area contributed by atoms with E-state index in [0.29, 0.717) is 12.6 Å². The quantitative estimate of drug-likeness (QED) is 0.874. The molecule has 4 atom stereocenters. The van der Waals surface area contributed by atoms with Crippen LogP contribution >= 0.6 is 0 Å². The van der Waals surface area contributed by atoms with Gasteiger partial charge in [0.1, 0.15) is 0 Å². The van der Waals surface area contributed by atoms with Crippen LogP contribution in [-0.4, -0.2) is 39.0 Å². The predicted octanol–water partition coefficient (Wildman–Crippen LogP) is 2.23. The maximum Gasteiger partial charge on any atom is 0.215 e. The Hall–Kier alpha value is -0.910. The molecule has 0 spiro atoms. The fourth-order valence-corrected chi connectivity index (χ4v) is 5.17. The van der Waals surface area contributed by atoms with Gasteiger partial charge in [-0.05, 0) is 36.8 Å². The second-order valence-corrected chi connectivity index (χ2v) is 8.50. The van der Waals surface area contributed by atoms with Crippen LogP contribution in [0.15, 0.2) is 30.3 Å². The summed E-state index contributed by atoms with van der Waals surface area (Å²) in [7, 11) is -3.25. The maximum atomic E-state index is 12.2. The smallest absolute Gasteiger partial charge is 0.215 e. The molecule has 5 heteroatoms. The van der Waals surface area contributed by atoms with Crippen LogP contribution in [0.3, 0.4) is 0 Å². The molecule has 0 amide bonds. The van der Waals surface area contributed by atoms with Gasteiger partial charge in [-0.25, -0.2) is 13.1 Å². The Morgan fingerprint density at radius 1 is 1.27 bits per heavy atom. The van der Waals surface area contributed by atoms with E-state index in [-0.39, 0.29) is 5.75 Å². The summed E-state index contributed by atoms with van der Waals surface area (Å²) in [5.41, 5.74) is 0.839. The lowest BCUT2D eigenvalue weighted by Gasteiger charge is -2.50. The minimum atomic E-state index is -3.25. The molecule has 3 heterocycles. The third-order valence-corrected chi connectivity index (χ3v) is 6.60. The molecule has 1 aromatic carbocycles. The molecule has 4 rings (SSSR count). The van der Waals surface area contributed by atoms with Gasteiger partial charge in [0.05, 0.1) is 5.75 Å². The maximum absolute atomic E-state index is 12.2. The number of nitrogens with one attached hydrogen (secondary N) is 1. The molecule has 0 saturated carbocycles. The van der Waals surface area contributed by atoms with Crippen LogP contribution in [0.1, 0.15) is 31.7 Å². The van der Waals surface area contributed by atoms with Crippen LogP contribution < -0.4 is 4.72 Å². The molecule has 4 nitrogen and oxygen atoms in total. The number of fused-ring (bicyclic) bond motifs is 3. The Kier molecular flexibility index (Phi) is 4.85. The highest BCUT2D eigenvalue weighted by molar-refractivity contribution is 7.88. The van der Waals surface area contributed by atoms with Gasteiger partial charge in [-0.15, -0.1) is 0 Å². The zero-order valence-corrected chi connectivity index (χ0v) is 14.1. The Morgan fingerprint density at radius 2 is 2.05 bits per heavy atom. The molecule has 0 radical (unpaired) electrons. The fraction of sp³-hybridized carbons (Fsp3) is 0.647. The molecule has 22 heavy (non-hydrogen) atoms. The lowest BCUT2D eigenvalue weighted by Crippen LogP contribution is -2.56. The van der Waals surface area contributed by atoms with E-state index >= 15 is 0 Å². The summed E-state index contributed by atoms with van der Waals surface area (Å²) in [6.07, 6.45) is 3.67. The highest BCUT2D eigenvalue weighted by Crippen LogP contribution is 2.37. The number of hydrogen-bond donors (Lipinski definition) is 1. The van der Waals surface area contributed by atoms with Crippen LogP contribution in [0.25, 0.3) is 0 Å². The zero-order chi connectivity index (χ0) is 15.6. The summed E-state index contributed by atoms with van der Waals surface area (Å²) in [5.74, 6) is 1.67. The number of piperidine rings is 3. The van der Waals surface area contributed by atoms with E-state index < -0.39 is 10.0 Å². The first-order valence-corrected chi connectivity index (χ1v) is 9.98. The fourth-order valence-electron chi connectivity index (χ4n) is 3.99. The van der Waals surface area contributed by atoms with Crippen LogP contribution in [0, 0.1) is 11.8 Å². The number of sulfonamides is 1. The van der Waals surface area contributed by atoms with Crippen molar-refractivity contribution in [3.05, 3.63) is 35.9 Å². The van der Waals surface area contributed by atoms with Crippen molar-refractivity contribution in [2.45, 2.75) is 38.0 Å². The molecule has 0 aromatic heterocycles. The Morgan fingerprint density at radius 3 is 2.68 bits per heavy atom. The van der Waals surface area contributed by atoms with Gasteiger partial charge in [0, 0.05) is 19.1 Å². The lowest BCUT2D eigenvalue weighted by atomic mass is 9.74. The van der Waals surface area contributed by atoms with Gasteiger partial charge in [-0.2, -0.15) is 0 Å². The first-order valence-electron chi connectivity index (χ1n) is 8.32. The SMILES string of the molecule is CC[C@H]1CN2CC[C@H]1C[C@@H]2CNS(=O)(=O)Cc1ccccc1. The monoisotopic (exact) mass is 322 g/mol. The van der Waals surface area contributed by atoms with Gasteiger partial charge in [0.15, 0.2) is 0 Å². The number of hydrogen-bond acceptors (Lipinski definition) is 3. The summed E-state index contributed by atoms with van der Waals surface area (Å²) in [6.45, 7) is 5.10. The molecule has 0 aliphatic carbocycles. The van der Waals surface area contributed by atoms with E-state index in [9.17, 15) is 8.42 Å². The topological polar surface area (TPSA) is 49.4 Å². The summed E-state index contributed by atoms with van der Waals surface area (Å²) >= 11 is 0. The van der Waals surface area contributed by atoms with Crippen molar-refractivity contribution in [2.24, 2.45) is 11.8 Å². The van der Waals surface area contributed by atoms with E-state index in [1.807, 2.05) is 30.3 Å². The summed E-state index contributed by atoms with van der Waals surface area (Å²) < 4.78 is 27.3. The Bertz CT molecular complexity index is 588. The standard InChI is InChI=1S/C17H26N2O2S/c1-2-15-12-19-9-8-16(15)10-17(19)11-18-22(20,21)13-14-6-4-3-5-7-14/h3-7,15-18H,2,8-13H2,1H3/t15-,16-,17+/m0/s1. The van der Waals surface area contributed by atoms with Gasteiger partial charge in [-0.3, -0.25) is 4.90 Å². The van der Waals surface area contributed by atoms with Crippen LogP contribution in [-0.2, 0) is 15.8 Å². The third-order valence-electron chi connectivity index (χ3n) is 5.28. The first kappa shape index (κ1) is 16.0. The van der Waals surface area contributed by atoms with Crippen LogP contribution in [0.5, 0.6) is 0 Å².